The molecule has 1 aromatic carbocycles. The standard InChI is InChI=1S/C15H24N2O3S/c1-4-14-11-17(7-8-20-14)21(18,19)15-9-13(10-16-3)6-5-12(15)2/h5-6,9,14,16H,4,7-8,10-11H2,1-3H3. The van der Waals surface area contributed by atoms with Gasteiger partial charge in [0.25, 0.3) is 0 Å². The molecule has 1 fully saturated rings. The van der Waals surface area contributed by atoms with Crippen molar-refractivity contribution in [3.8, 4) is 0 Å². The molecular weight excluding hydrogens is 288 g/mol. The maximum absolute atomic E-state index is 12.9. The van der Waals surface area contributed by atoms with Gasteiger partial charge in [-0.2, -0.15) is 4.31 Å². The summed E-state index contributed by atoms with van der Waals surface area (Å²) in [5, 5.41) is 3.05. The highest BCUT2D eigenvalue weighted by Crippen LogP contribution is 2.23. The zero-order chi connectivity index (χ0) is 15.5. The Balaban J connectivity index is 2.32. The third-order valence-corrected chi connectivity index (χ3v) is 5.82. The quantitative estimate of drug-likeness (QED) is 0.895. The lowest BCUT2D eigenvalue weighted by Gasteiger charge is -2.32. The van der Waals surface area contributed by atoms with Gasteiger partial charge in [0, 0.05) is 19.6 Å². The van der Waals surface area contributed by atoms with E-state index in [-0.39, 0.29) is 6.10 Å². The average molecular weight is 312 g/mol. The van der Waals surface area contributed by atoms with Crippen molar-refractivity contribution in [2.45, 2.75) is 37.8 Å². The van der Waals surface area contributed by atoms with E-state index in [4.69, 9.17) is 4.74 Å². The molecule has 0 saturated carbocycles. The zero-order valence-electron chi connectivity index (χ0n) is 12.9. The number of benzene rings is 1. The van der Waals surface area contributed by atoms with Gasteiger partial charge in [0.15, 0.2) is 0 Å². The molecule has 1 aliphatic rings. The molecule has 1 aromatic rings. The molecule has 0 bridgehead atoms. The van der Waals surface area contributed by atoms with E-state index in [9.17, 15) is 8.42 Å². The molecule has 0 aromatic heterocycles. The summed E-state index contributed by atoms with van der Waals surface area (Å²) in [5.41, 5.74) is 1.76. The molecule has 21 heavy (non-hydrogen) atoms. The summed E-state index contributed by atoms with van der Waals surface area (Å²) >= 11 is 0. The zero-order valence-corrected chi connectivity index (χ0v) is 13.7. The van der Waals surface area contributed by atoms with Crippen molar-refractivity contribution in [1.82, 2.24) is 9.62 Å². The molecule has 0 amide bonds. The van der Waals surface area contributed by atoms with Crippen LogP contribution in [0.2, 0.25) is 0 Å². The van der Waals surface area contributed by atoms with Crippen LogP contribution in [0.15, 0.2) is 23.1 Å². The second-order valence-corrected chi connectivity index (χ2v) is 7.30. The van der Waals surface area contributed by atoms with Crippen LogP contribution >= 0.6 is 0 Å². The molecule has 0 radical (unpaired) electrons. The van der Waals surface area contributed by atoms with Crippen LogP contribution in [0.25, 0.3) is 0 Å². The number of nitrogens with one attached hydrogen (secondary N) is 1. The van der Waals surface area contributed by atoms with Crippen molar-refractivity contribution in [2.75, 3.05) is 26.7 Å². The van der Waals surface area contributed by atoms with Gasteiger partial charge < -0.3 is 10.1 Å². The topological polar surface area (TPSA) is 58.6 Å². The van der Waals surface area contributed by atoms with E-state index in [1.54, 1.807) is 10.4 Å². The number of ether oxygens (including phenoxy) is 1. The van der Waals surface area contributed by atoms with Crippen molar-refractivity contribution in [3.05, 3.63) is 29.3 Å². The largest absolute Gasteiger partial charge is 0.375 e. The van der Waals surface area contributed by atoms with E-state index in [2.05, 4.69) is 5.32 Å². The summed E-state index contributed by atoms with van der Waals surface area (Å²) in [4.78, 5) is 0.409. The Labute approximate surface area is 127 Å². The molecule has 0 spiro atoms. The lowest BCUT2D eigenvalue weighted by molar-refractivity contribution is -0.00279. The van der Waals surface area contributed by atoms with E-state index in [1.807, 2.05) is 33.0 Å². The van der Waals surface area contributed by atoms with Gasteiger partial charge in [-0.25, -0.2) is 8.42 Å². The van der Waals surface area contributed by atoms with Gasteiger partial charge in [-0.05, 0) is 37.6 Å². The summed E-state index contributed by atoms with van der Waals surface area (Å²) in [6.45, 7) is 5.84. The van der Waals surface area contributed by atoms with Gasteiger partial charge in [-0.1, -0.05) is 19.1 Å². The Morgan fingerprint density at radius 2 is 2.19 bits per heavy atom. The van der Waals surface area contributed by atoms with Gasteiger partial charge in [-0.3, -0.25) is 0 Å². The Morgan fingerprint density at radius 3 is 2.86 bits per heavy atom. The molecule has 1 heterocycles. The lowest BCUT2D eigenvalue weighted by atomic mass is 10.1. The van der Waals surface area contributed by atoms with Gasteiger partial charge >= 0.3 is 0 Å². The number of sulfonamides is 1. The second kappa shape index (κ2) is 6.87. The fraction of sp³-hybridized carbons (Fsp3) is 0.600. The molecule has 1 N–H and O–H groups in total. The first kappa shape index (κ1) is 16.4. The van der Waals surface area contributed by atoms with Crippen molar-refractivity contribution in [2.24, 2.45) is 0 Å². The summed E-state index contributed by atoms with van der Waals surface area (Å²) in [6.07, 6.45) is 0.819. The maximum atomic E-state index is 12.9. The van der Waals surface area contributed by atoms with Crippen LogP contribution in [0.3, 0.4) is 0 Å². The molecule has 2 rings (SSSR count). The first-order chi connectivity index (χ1) is 9.98. The Hall–Kier alpha value is -0.950. The number of hydrogen-bond acceptors (Lipinski definition) is 4. The highest BCUT2D eigenvalue weighted by atomic mass is 32.2. The van der Waals surface area contributed by atoms with Gasteiger partial charge in [0.1, 0.15) is 0 Å². The summed E-state index contributed by atoms with van der Waals surface area (Å²) < 4.78 is 32.9. The van der Waals surface area contributed by atoms with Crippen LogP contribution in [0, 0.1) is 6.92 Å². The summed E-state index contributed by atoms with van der Waals surface area (Å²) in [5.74, 6) is 0. The molecular formula is C15H24N2O3S. The molecule has 1 aliphatic heterocycles. The van der Waals surface area contributed by atoms with Crippen molar-refractivity contribution in [1.29, 1.82) is 0 Å². The summed E-state index contributed by atoms with van der Waals surface area (Å²) in [7, 11) is -1.60. The Bertz CT molecular complexity index is 587. The molecule has 0 aliphatic carbocycles. The van der Waals surface area contributed by atoms with Crippen LogP contribution in [-0.2, 0) is 21.3 Å². The number of aryl methyl sites for hydroxylation is 1. The van der Waals surface area contributed by atoms with E-state index in [1.165, 1.54) is 0 Å². The highest BCUT2D eigenvalue weighted by molar-refractivity contribution is 7.89. The predicted octanol–water partition coefficient (Wildman–Crippen LogP) is 1.51. The minimum atomic E-state index is -3.45. The fourth-order valence-corrected chi connectivity index (χ4v) is 4.26. The Morgan fingerprint density at radius 1 is 1.43 bits per heavy atom. The molecule has 1 unspecified atom stereocenters. The van der Waals surface area contributed by atoms with Crippen molar-refractivity contribution >= 4 is 10.0 Å². The monoisotopic (exact) mass is 312 g/mol. The van der Waals surface area contributed by atoms with Crippen LogP contribution in [0.4, 0.5) is 0 Å². The van der Waals surface area contributed by atoms with Crippen LogP contribution in [-0.4, -0.2) is 45.6 Å². The van der Waals surface area contributed by atoms with Gasteiger partial charge in [0.05, 0.1) is 17.6 Å². The van der Waals surface area contributed by atoms with Crippen LogP contribution in [0.1, 0.15) is 24.5 Å². The van der Waals surface area contributed by atoms with Gasteiger partial charge in [-0.15, -0.1) is 0 Å². The summed E-state index contributed by atoms with van der Waals surface area (Å²) in [6, 6.07) is 5.61. The average Bonchev–Trinajstić information content (AvgIpc) is 2.49. The SMILES string of the molecule is CCC1CN(S(=O)(=O)c2cc(CNC)ccc2C)CCO1. The van der Waals surface area contributed by atoms with Gasteiger partial charge in [0.2, 0.25) is 10.0 Å². The molecule has 1 saturated heterocycles. The van der Waals surface area contributed by atoms with Crippen molar-refractivity contribution in [3.63, 3.8) is 0 Å². The van der Waals surface area contributed by atoms with Crippen LogP contribution in [0.5, 0.6) is 0 Å². The number of nitrogens with zero attached hydrogens (tertiary/aromatic N) is 1. The van der Waals surface area contributed by atoms with E-state index >= 15 is 0 Å². The molecule has 118 valence electrons. The van der Waals surface area contributed by atoms with E-state index in [0.717, 1.165) is 17.5 Å². The predicted molar refractivity (Wildman–Crippen MR) is 82.7 cm³/mol. The molecule has 1 atom stereocenters. The minimum absolute atomic E-state index is 0.00526. The van der Waals surface area contributed by atoms with E-state index < -0.39 is 10.0 Å². The fourth-order valence-electron chi connectivity index (χ4n) is 2.53. The third-order valence-electron chi connectivity index (χ3n) is 3.81. The van der Waals surface area contributed by atoms with E-state index in [0.29, 0.717) is 31.1 Å². The number of morpholine rings is 1. The number of hydrogen-bond donors (Lipinski definition) is 1. The second-order valence-electron chi connectivity index (χ2n) is 5.39. The maximum Gasteiger partial charge on any atom is 0.243 e. The Kier molecular flexibility index (Phi) is 5.37. The van der Waals surface area contributed by atoms with Crippen LogP contribution < -0.4 is 5.32 Å². The smallest absolute Gasteiger partial charge is 0.243 e. The van der Waals surface area contributed by atoms with Crippen molar-refractivity contribution < 1.29 is 13.2 Å². The first-order valence-electron chi connectivity index (χ1n) is 7.35. The lowest BCUT2D eigenvalue weighted by Crippen LogP contribution is -2.45. The third kappa shape index (κ3) is 3.63. The highest BCUT2D eigenvalue weighted by Gasteiger charge is 2.31. The number of rotatable bonds is 5. The first-order valence-corrected chi connectivity index (χ1v) is 8.79. The minimum Gasteiger partial charge on any atom is -0.375 e. The molecule has 6 heteroatoms. The normalized spacial score (nSPS) is 20.6. The molecule has 5 nitrogen and oxygen atoms in total.